The highest BCUT2D eigenvalue weighted by Gasteiger charge is 2.19. The third-order valence-electron chi connectivity index (χ3n) is 1.69. The van der Waals surface area contributed by atoms with Crippen LogP contribution in [0.1, 0.15) is 19.8 Å². The second-order valence-corrected chi connectivity index (χ2v) is 3.96. The van der Waals surface area contributed by atoms with Crippen LogP contribution in [-0.2, 0) is 0 Å². The molecule has 0 fully saturated rings. The second kappa shape index (κ2) is 2.70. The first kappa shape index (κ1) is 7.07. The van der Waals surface area contributed by atoms with Crippen molar-refractivity contribution in [2.75, 3.05) is 0 Å². The molecule has 50 valence electrons. The van der Waals surface area contributed by atoms with Gasteiger partial charge in [-0.25, -0.2) is 0 Å². The third kappa shape index (κ3) is 1.68. The lowest BCUT2D eigenvalue weighted by molar-refractivity contribution is 0.703. The van der Waals surface area contributed by atoms with E-state index in [2.05, 4.69) is 47.2 Å². The number of halogens is 1. The Bertz CT molecular complexity index is 147. The predicted molar refractivity (Wildman–Crippen MR) is 44.8 cm³/mol. The maximum Gasteiger partial charge on any atom is 0.0471 e. The summed E-state index contributed by atoms with van der Waals surface area (Å²) in [6.07, 6.45) is 10.9. The maximum absolute atomic E-state index is 3.66. The molecule has 0 aromatic heterocycles. The summed E-state index contributed by atoms with van der Waals surface area (Å²) in [5.41, 5.74) is 0. The Morgan fingerprint density at radius 2 is 2.33 bits per heavy atom. The van der Waals surface area contributed by atoms with Crippen LogP contribution in [0.2, 0.25) is 0 Å². The van der Waals surface area contributed by atoms with Gasteiger partial charge in [-0.3, -0.25) is 0 Å². The molecule has 0 heterocycles. The van der Waals surface area contributed by atoms with E-state index >= 15 is 0 Å². The van der Waals surface area contributed by atoms with Crippen molar-refractivity contribution in [2.24, 2.45) is 0 Å². The van der Waals surface area contributed by atoms with Crippen LogP contribution in [-0.4, -0.2) is 4.32 Å². The molecule has 0 aromatic carbocycles. The van der Waals surface area contributed by atoms with Crippen molar-refractivity contribution >= 4 is 15.9 Å². The minimum Gasteiger partial charge on any atom is -0.0828 e. The van der Waals surface area contributed by atoms with Crippen molar-refractivity contribution in [3.8, 4) is 0 Å². The lowest BCUT2D eigenvalue weighted by Crippen LogP contribution is -2.15. The molecule has 0 aliphatic heterocycles. The zero-order valence-electron chi connectivity index (χ0n) is 5.60. The average molecular weight is 187 g/mol. The molecule has 0 spiro atoms. The molecule has 1 rings (SSSR count). The van der Waals surface area contributed by atoms with E-state index < -0.39 is 0 Å². The average Bonchev–Trinajstić information content (AvgIpc) is 1.90. The Morgan fingerprint density at radius 1 is 1.56 bits per heavy atom. The summed E-state index contributed by atoms with van der Waals surface area (Å²) in [7, 11) is 0. The Hall–Kier alpha value is -0.0400. The first-order chi connectivity index (χ1) is 4.27. The number of hydrogen-bond donors (Lipinski definition) is 0. The lowest BCUT2D eigenvalue weighted by atomic mass is 9.98. The SMILES string of the molecule is CCC1(Br)C=CC=CC1. The largest absolute Gasteiger partial charge is 0.0828 e. The second-order valence-electron chi connectivity index (χ2n) is 2.38. The topological polar surface area (TPSA) is 0 Å². The van der Waals surface area contributed by atoms with Crippen LogP contribution < -0.4 is 0 Å². The summed E-state index contributed by atoms with van der Waals surface area (Å²) in [5, 5.41) is 0. The van der Waals surface area contributed by atoms with Crippen molar-refractivity contribution in [1.82, 2.24) is 0 Å². The van der Waals surface area contributed by atoms with Crippen LogP contribution in [0.25, 0.3) is 0 Å². The molecule has 0 N–H and O–H groups in total. The van der Waals surface area contributed by atoms with Crippen molar-refractivity contribution in [3.05, 3.63) is 24.3 Å². The van der Waals surface area contributed by atoms with Gasteiger partial charge >= 0.3 is 0 Å². The summed E-state index contributed by atoms with van der Waals surface area (Å²) in [6, 6.07) is 0. The normalized spacial score (nSPS) is 33.1. The molecule has 9 heavy (non-hydrogen) atoms. The smallest absolute Gasteiger partial charge is 0.0471 e. The van der Waals surface area contributed by atoms with Gasteiger partial charge in [0.2, 0.25) is 0 Å². The van der Waals surface area contributed by atoms with Crippen molar-refractivity contribution in [2.45, 2.75) is 24.1 Å². The quantitative estimate of drug-likeness (QED) is 0.553. The Labute approximate surface area is 64.8 Å². The third-order valence-corrected chi connectivity index (χ3v) is 2.84. The number of alkyl halides is 1. The fourth-order valence-electron chi connectivity index (χ4n) is 0.901. The molecule has 1 aliphatic rings. The van der Waals surface area contributed by atoms with Crippen LogP contribution >= 0.6 is 15.9 Å². The van der Waals surface area contributed by atoms with E-state index in [1.54, 1.807) is 0 Å². The van der Waals surface area contributed by atoms with Crippen LogP contribution in [0.5, 0.6) is 0 Å². The van der Waals surface area contributed by atoms with Crippen molar-refractivity contribution in [1.29, 1.82) is 0 Å². The Morgan fingerprint density at radius 3 is 2.67 bits per heavy atom. The van der Waals surface area contributed by atoms with Gasteiger partial charge in [-0.05, 0) is 12.8 Å². The first-order valence-corrected chi connectivity index (χ1v) is 4.09. The van der Waals surface area contributed by atoms with Gasteiger partial charge in [-0.15, -0.1) is 0 Å². The summed E-state index contributed by atoms with van der Waals surface area (Å²) in [6.45, 7) is 2.19. The van der Waals surface area contributed by atoms with E-state index in [-0.39, 0.29) is 4.32 Å². The van der Waals surface area contributed by atoms with Crippen LogP contribution in [0.4, 0.5) is 0 Å². The maximum atomic E-state index is 3.66. The number of rotatable bonds is 1. The zero-order chi connectivity index (χ0) is 6.74. The Kier molecular flexibility index (Phi) is 2.12. The first-order valence-electron chi connectivity index (χ1n) is 3.30. The van der Waals surface area contributed by atoms with Gasteiger partial charge in [0, 0.05) is 4.32 Å². The van der Waals surface area contributed by atoms with Crippen molar-refractivity contribution < 1.29 is 0 Å². The molecule has 0 nitrogen and oxygen atoms in total. The Balaban J connectivity index is 2.63. The molecule has 1 aliphatic carbocycles. The summed E-state index contributed by atoms with van der Waals surface area (Å²) in [5.74, 6) is 0. The molecule has 1 atom stereocenters. The predicted octanol–water partition coefficient (Wildman–Crippen LogP) is 3.05. The van der Waals surface area contributed by atoms with Crippen molar-refractivity contribution in [3.63, 3.8) is 0 Å². The van der Waals surface area contributed by atoms with E-state index in [1.807, 2.05) is 0 Å². The van der Waals surface area contributed by atoms with Gasteiger partial charge in [-0.1, -0.05) is 47.2 Å². The monoisotopic (exact) mass is 186 g/mol. The standard InChI is InChI=1S/C8H11Br/c1-2-8(9)6-4-3-5-7-8/h3-6H,2,7H2,1H3. The molecule has 0 bridgehead atoms. The lowest BCUT2D eigenvalue weighted by Gasteiger charge is -2.21. The summed E-state index contributed by atoms with van der Waals surface area (Å²) in [4.78, 5) is 0. The minimum atomic E-state index is 0.266. The van der Waals surface area contributed by atoms with Gasteiger partial charge < -0.3 is 0 Å². The number of allylic oxidation sites excluding steroid dienone is 4. The van der Waals surface area contributed by atoms with Gasteiger partial charge in [0.05, 0.1) is 0 Å². The highest BCUT2D eigenvalue weighted by molar-refractivity contribution is 9.10. The zero-order valence-corrected chi connectivity index (χ0v) is 7.19. The molecule has 0 saturated carbocycles. The molecule has 1 unspecified atom stereocenters. The summed E-state index contributed by atoms with van der Waals surface area (Å²) < 4.78 is 0.266. The molecule has 1 heteroatoms. The van der Waals surface area contributed by atoms with Gasteiger partial charge in [-0.2, -0.15) is 0 Å². The van der Waals surface area contributed by atoms with E-state index in [0.29, 0.717) is 0 Å². The molecule has 0 aromatic rings. The molecule has 0 amide bonds. The molecular formula is C8H11Br. The minimum absolute atomic E-state index is 0.266. The van der Waals surface area contributed by atoms with Crippen LogP contribution in [0, 0.1) is 0 Å². The van der Waals surface area contributed by atoms with Crippen LogP contribution in [0.3, 0.4) is 0 Å². The van der Waals surface area contributed by atoms with E-state index in [1.165, 1.54) is 0 Å². The van der Waals surface area contributed by atoms with Gasteiger partial charge in [0.25, 0.3) is 0 Å². The highest BCUT2D eigenvalue weighted by atomic mass is 79.9. The molecule has 0 radical (unpaired) electrons. The fourth-order valence-corrected chi connectivity index (χ4v) is 1.24. The molecular weight excluding hydrogens is 176 g/mol. The van der Waals surface area contributed by atoms with E-state index in [0.717, 1.165) is 12.8 Å². The summed E-state index contributed by atoms with van der Waals surface area (Å²) >= 11 is 3.66. The number of hydrogen-bond acceptors (Lipinski definition) is 0. The fraction of sp³-hybridized carbons (Fsp3) is 0.500. The van der Waals surface area contributed by atoms with E-state index in [4.69, 9.17) is 0 Å². The molecule has 0 saturated heterocycles. The van der Waals surface area contributed by atoms with Crippen LogP contribution in [0.15, 0.2) is 24.3 Å². The van der Waals surface area contributed by atoms with Gasteiger partial charge in [0.15, 0.2) is 0 Å². The van der Waals surface area contributed by atoms with Gasteiger partial charge in [0.1, 0.15) is 0 Å². The highest BCUT2D eigenvalue weighted by Crippen LogP contribution is 2.30. The van der Waals surface area contributed by atoms with E-state index in [9.17, 15) is 0 Å².